The van der Waals surface area contributed by atoms with Gasteiger partial charge in [0.15, 0.2) is 0 Å². The Balaban J connectivity index is 1.48. The molecule has 0 atom stereocenters. The number of hydrogen-bond acceptors (Lipinski definition) is 4. The molecule has 1 aliphatic rings. The second kappa shape index (κ2) is 7.89. The maximum atomic E-state index is 12.9. The Morgan fingerprint density at radius 3 is 2.75 bits per heavy atom. The third-order valence-corrected chi connectivity index (χ3v) is 6.64. The van der Waals surface area contributed by atoms with E-state index in [1.54, 1.807) is 25.4 Å². The average molecular weight is 396 g/mol. The lowest BCUT2D eigenvalue weighted by molar-refractivity contribution is 0.0758. The van der Waals surface area contributed by atoms with Gasteiger partial charge < -0.3 is 9.47 Å². The van der Waals surface area contributed by atoms with E-state index in [1.165, 1.54) is 25.1 Å². The lowest BCUT2D eigenvalue weighted by Crippen LogP contribution is -2.38. The topological polar surface area (TPSA) is 45.5 Å². The molecule has 0 saturated carbocycles. The Kier molecular flexibility index (Phi) is 5.33. The first kappa shape index (κ1) is 18.9. The van der Waals surface area contributed by atoms with Crippen LogP contribution in [0.5, 0.6) is 0 Å². The van der Waals surface area contributed by atoms with Gasteiger partial charge in [0.05, 0.1) is 0 Å². The molecule has 3 aromatic rings. The van der Waals surface area contributed by atoms with Crippen molar-refractivity contribution in [3.63, 3.8) is 0 Å². The number of amides is 1. The number of rotatable bonds is 3. The van der Waals surface area contributed by atoms with Crippen LogP contribution in [0.4, 0.5) is 0 Å². The molecule has 4 rings (SSSR count). The fourth-order valence-corrected chi connectivity index (χ4v) is 4.98. The van der Waals surface area contributed by atoms with Crippen molar-refractivity contribution in [1.82, 2.24) is 14.4 Å². The number of carbonyl (C=O) groups excluding carboxylic acids is 1. The van der Waals surface area contributed by atoms with E-state index in [0.29, 0.717) is 13.1 Å². The SMILES string of the molecule is Cc1sc2ccccc2c1CN1CCCN(C(=O)c2cccn(C)c2=O)CC1. The molecule has 146 valence electrons. The molecule has 0 spiro atoms. The van der Waals surface area contributed by atoms with Crippen LogP contribution in [0.2, 0.25) is 0 Å². The van der Waals surface area contributed by atoms with Crippen LogP contribution < -0.4 is 5.56 Å². The van der Waals surface area contributed by atoms with Crippen LogP contribution in [0.25, 0.3) is 10.1 Å². The highest BCUT2D eigenvalue weighted by Gasteiger charge is 2.23. The highest BCUT2D eigenvalue weighted by Crippen LogP contribution is 2.31. The van der Waals surface area contributed by atoms with E-state index in [2.05, 4.69) is 36.1 Å². The predicted molar refractivity (Wildman–Crippen MR) is 114 cm³/mol. The third kappa shape index (κ3) is 3.62. The van der Waals surface area contributed by atoms with Gasteiger partial charge in [-0.1, -0.05) is 18.2 Å². The standard InChI is InChI=1S/C22H25N3O2S/c1-16-19(17-7-3-4-9-20(17)28-16)15-24-11-6-12-25(14-13-24)22(27)18-8-5-10-23(2)21(18)26/h3-5,7-10H,6,11-15H2,1-2H3. The van der Waals surface area contributed by atoms with Crippen LogP contribution >= 0.6 is 11.3 Å². The van der Waals surface area contributed by atoms with Gasteiger partial charge in [0.2, 0.25) is 0 Å². The van der Waals surface area contributed by atoms with Gasteiger partial charge in [-0.3, -0.25) is 14.5 Å². The van der Waals surface area contributed by atoms with E-state index in [0.717, 1.165) is 26.1 Å². The molecule has 28 heavy (non-hydrogen) atoms. The molecule has 1 amide bonds. The number of thiophene rings is 1. The number of aromatic nitrogens is 1. The zero-order valence-corrected chi connectivity index (χ0v) is 17.2. The van der Waals surface area contributed by atoms with Crippen molar-refractivity contribution >= 4 is 27.3 Å². The molecule has 0 aliphatic carbocycles. The van der Waals surface area contributed by atoms with Gasteiger partial charge in [-0.25, -0.2) is 0 Å². The quantitative estimate of drug-likeness (QED) is 0.684. The first-order chi connectivity index (χ1) is 13.5. The molecule has 2 aromatic heterocycles. The molecular formula is C22H25N3O2S. The van der Waals surface area contributed by atoms with Gasteiger partial charge in [-0.2, -0.15) is 0 Å². The average Bonchev–Trinajstić information content (AvgIpc) is 2.85. The highest BCUT2D eigenvalue weighted by molar-refractivity contribution is 7.19. The largest absolute Gasteiger partial charge is 0.337 e. The fourth-order valence-electron chi connectivity index (χ4n) is 3.90. The summed E-state index contributed by atoms with van der Waals surface area (Å²) in [6.45, 7) is 6.22. The van der Waals surface area contributed by atoms with Crippen molar-refractivity contribution < 1.29 is 4.79 Å². The van der Waals surface area contributed by atoms with Crippen LogP contribution in [0.3, 0.4) is 0 Å². The molecular weight excluding hydrogens is 370 g/mol. The molecule has 1 fully saturated rings. The van der Waals surface area contributed by atoms with Crippen molar-refractivity contribution in [2.45, 2.75) is 19.9 Å². The van der Waals surface area contributed by atoms with Crippen LogP contribution in [0.15, 0.2) is 47.4 Å². The summed E-state index contributed by atoms with van der Waals surface area (Å²) in [7, 11) is 1.68. The maximum Gasteiger partial charge on any atom is 0.263 e. The Morgan fingerprint density at radius 1 is 1.07 bits per heavy atom. The molecule has 0 unspecified atom stereocenters. The number of nitrogens with zero attached hydrogens (tertiary/aromatic N) is 3. The lowest BCUT2D eigenvalue weighted by atomic mass is 10.1. The smallest absolute Gasteiger partial charge is 0.263 e. The van der Waals surface area contributed by atoms with Gasteiger partial charge in [0.25, 0.3) is 11.5 Å². The van der Waals surface area contributed by atoms with Crippen LogP contribution in [0.1, 0.15) is 27.2 Å². The minimum absolute atomic E-state index is 0.153. The first-order valence-electron chi connectivity index (χ1n) is 9.69. The van der Waals surface area contributed by atoms with Gasteiger partial charge in [0, 0.05) is 55.5 Å². The molecule has 1 aromatic carbocycles. The zero-order valence-electron chi connectivity index (χ0n) is 16.4. The summed E-state index contributed by atoms with van der Waals surface area (Å²) in [4.78, 5) is 30.8. The van der Waals surface area contributed by atoms with E-state index in [1.807, 2.05) is 16.2 Å². The Morgan fingerprint density at radius 2 is 1.89 bits per heavy atom. The number of pyridine rings is 1. The molecule has 0 bridgehead atoms. The Hall–Kier alpha value is -2.44. The highest BCUT2D eigenvalue weighted by atomic mass is 32.1. The van der Waals surface area contributed by atoms with Gasteiger partial charge in [0.1, 0.15) is 5.56 Å². The number of benzene rings is 1. The first-order valence-corrected chi connectivity index (χ1v) is 10.5. The summed E-state index contributed by atoms with van der Waals surface area (Å²) >= 11 is 1.85. The monoisotopic (exact) mass is 395 g/mol. The summed E-state index contributed by atoms with van der Waals surface area (Å²) in [5.74, 6) is -0.153. The molecule has 3 heterocycles. The summed E-state index contributed by atoms with van der Waals surface area (Å²) in [5.41, 5.74) is 1.43. The predicted octanol–water partition coefficient (Wildman–Crippen LogP) is 3.26. The van der Waals surface area contributed by atoms with Gasteiger partial charge in [-0.05, 0) is 42.5 Å². The van der Waals surface area contributed by atoms with Crippen molar-refractivity contribution in [1.29, 1.82) is 0 Å². The van der Waals surface area contributed by atoms with E-state index in [-0.39, 0.29) is 17.0 Å². The van der Waals surface area contributed by atoms with Crippen LogP contribution in [-0.4, -0.2) is 46.5 Å². The van der Waals surface area contributed by atoms with Crippen molar-refractivity contribution in [3.05, 3.63) is 69.0 Å². The molecule has 6 heteroatoms. The fraction of sp³-hybridized carbons (Fsp3) is 0.364. The summed E-state index contributed by atoms with van der Waals surface area (Å²) < 4.78 is 2.79. The van der Waals surface area contributed by atoms with Crippen molar-refractivity contribution in [2.75, 3.05) is 26.2 Å². The van der Waals surface area contributed by atoms with E-state index in [9.17, 15) is 9.59 Å². The minimum Gasteiger partial charge on any atom is -0.337 e. The second-order valence-corrected chi connectivity index (χ2v) is 8.65. The van der Waals surface area contributed by atoms with Gasteiger partial charge >= 0.3 is 0 Å². The number of hydrogen-bond donors (Lipinski definition) is 0. The Labute approximate surface area is 168 Å². The third-order valence-electron chi connectivity index (χ3n) is 5.51. The molecule has 0 N–H and O–H groups in total. The van der Waals surface area contributed by atoms with E-state index >= 15 is 0 Å². The maximum absolute atomic E-state index is 12.9. The molecule has 0 radical (unpaired) electrons. The number of aryl methyl sites for hydroxylation is 2. The van der Waals surface area contributed by atoms with E-state index in [4.69, 9.17) is 0 Å². The number of carbonyl (C=O) groups is 1. The lowest BCUT2D eigenvalue weighted by Gasteiger charge is -2.22. The summed E-state index contributed by atoms with van der Waals surface area (Å²) in [6, 6.07) is 12.0. The zero-order chi connectivity index (χ0) is 19.7. The number of fused-ring (bicyclic) bond motifs is 1. The van der Waals surface area contributed by atoms with Crippen molar-refractivity contribution in [3.8, 4) is 0 Å². The molecule has 5 nitrogen and oxygen atoms in total. The van der Waals surface area contributed by atoms with Crippen LogP contribution in [0, 0.1) is 6.92 Å². The minimum atomic E-state index is -0.228. The summed E-state index contributed by atoms with van der Waals surface area (Å²) in [6.07, 6.45) is 2.59. The molecule has 1 saturated heterocycles. The van der Waals surface area contributed by atoms with Gasteiger partial charge in [-0.15, -0.1) is 11.3 Å². The van der Waals surface area contributed by atoms with Crippen LogP contribution in [-0.2, 0) is 13.6 Å². The van der Waals surface area contributed by atoms with Crippen molar-refractivity contribution in [2.24, 2.45) is 7.05 Å². The second-order valence-electron chi connectivity index (χ2n) is 7.39. The van der Waals surface area contributed by atoms with E-state index < -0.39 is 0 Å². The Bertz CT molecular complexity index is 1070. The normalized spacial score (nSPS) is 15.7. The molecule has 1 aliphatic heterocycles. The summed E-state index contributed by atoms with van der Waals surface area (Å²) in [5, 5.41) is 1.34.